The number of aliphatic imine (C=N–C) groups is 1. The standard InChI is InChI=1S/C17H17NO2/c1-12(2)14-5-3-13(4-6-14)10-18-15-7-8-16-17(9-15)20-11-19-16/h3-10,12H,11H2,1-2H3/b18-10+. The Kier molecular flexibility index (Phi) is 3.42. The van der Waals surface area contributed by atoms with Gasteiger partial charge in [-0.15, -0.1) is 0 Å². The lowest BCUT2D eigenvalue weighted by molar-refractivity contribution is 0.174. The maximum absolute atomic E-state index is 5.34. The molecule has 1 aliphatic rings. The number of fused-ring (bicyclic) bond motifs is 1. The third-order valence-corrected chi connectivity index (χ3v) is 3.32. The second-order valence-corrected chi connectivity index (χ2v) is 5.12. The highest BCUT2D eigenvalue weighted by molar-refractivity contribution is 5.82. The van der Waals surface area contributed by atoms with Crippen LogP contribution < -0.4 is 9.47 Å². The van der Waals surface area contributed by atoms with Crippen LogP contribution in [-0.4, -0.2) is 13.0 Å². The summed E-state index contributed by atoms with van der Waals surface area (Å²) in [4.78, 5) is 4.47. The second-order valence-electron chi connectivity index (χ2n) is 5.12. The Bertz CT molecular complexity index is 630. The van der Waals surface area contributed by atoms with Crippen LogP contribution in [0.4, 0.5) is 5.69 Å². The summed E-state index contributed by atoms with van der Waals surface area (Å²) < 4.78 is 10.6. The summed E-state index contributed by atoms with van der Waals surface area (Å²) in [5.41, 5.74) is 3.29. The quantitative estimate of drug-likeness (QED) is 0.777. The Morgan fingerprint density at radius 2 is 1.75 bits per heavy atom. The molecule has 20 heavy (non-hydrogen) atoms. The molecule has 0 atom stereocenters. The lowest BCUT2D eigenvalue weighted by atomic mass is 10.0. The predicted molar refractivity (Wildman–Crippen MR) is 80.4 cm³/mol. The molecule has 1 aliphatic heterocycles. The lowest BCUT2D eigenvalue weighted by Crippen LogP contribution is -1.92. The molecule has 0 amide bonds. The van der Waals surface area contributed by atoms with Crippen molar-refractivity contribution in [1.29, 1.82) is 0 Å². The summed E-state index contributed by atoms with van der Waals surface area (Å²) in [7, 11) is 0. The van der Waals surface area contributed by atoms with Crippen molar-refractivity contribution in [3.05, 3.63) is 53.6 Å². The van der Waals surface area contributed by atoms with Crippen molar-refractivity contribution in [2.45, 2.75) is 19.8 Å². The molecule has 0 saturated carbocycles. The third-order valence-electron chi connectivity index (χ3n) is 3.32. The number of ether oxygens (including phenoxy) is 2. The molecule has 0 aliphatic carbocycles. The highest BCUT2D eigenvalue weighted by Crippen LogP contribution is 2.35. The molecule has 3 rings (SSSR count). The molecule has 1 heterocycles. The van der Waals surface area contributed by atoms with Crippen molar-refractivity contribution >= 4 is 11.9 Å². The fourth-order valence-corrected chi connectivity index (χ4v) is 2.08. The van der Waals surface area contributed by atoms with Crippen molar-refractivity contribution in [1.82, 2.24) is 0 Å². The molecule has 2 aromatic rings. The number of hydrogen-bond acceptors (Lipinski definition) is 3. The molecular weight excluding hydrogens is 250 g/mol. The van der Waals surface area contributed by atoms with Crippen LogP contribution in [0.1, 0.15) is 30.9 Å². The van der Waals surface area contributed by atoms with Crippen LogP contribution in [0.3, 0.4) is 0 Å². The van der Waals surface area contributed by atoms with Crippen LogP contribution in [0.25, 0.3) is 0 Å². The molecular formula is C17H17NO2. The van der Waals surface area contributed by atoms with E-state index in [1.807, 2.05) is 24.4 Å². The summed E-state index contributed by atoms with van der Waals surface area (Å²) in [6, 6.07) is 14.2. The Morgan fingerprint density at radius 3 is 2.50 bits per heavy atom. The van der Waals surface area contributed by atoms with E-state index < -0.39 is 0 Å². The summed E-state index contributed by atoms with van der Waals surface area (Å²) in [5, 5.41) is 0. The van der Waals surface area contributed by atoms with Gasteiger partial charge in [-0.05, 0) is 29.2 Å². The first-order chi connectivity index (χ1) is 9.72. The molecule has 3 heteroatoms. The molecule has 0 spiro atoms. The minimum absolute atomic E-state index is 0.291. The predicted octanol–water partition coefficient (Wildman–Crippen LogP) is 4.29. The SMILES string of the molecule is CC(C)c1ccc(/C=N/c2ccc3c(c2)OCO3)cc1. The van der Waals surface area contributed by atoms with Gasteiger partial charge in [-0.3, -0.25) is 4.99 Å². The molecule has 2 aromatic carbocycles. The van der Waals surface area contributed by atoms with Gasteiger partial charge in [0.15, 0.2) is 11.5 Å². The largest absolute Gasteiger partial charge is 0.454 e. The molecule has 0 bridgehead atoms. The number of rotatable bonds is 3. The van der Waals surface area contributed by atoms with Gasteiger partial charge in [0, 0.05) is 12.3 Å². The van der Waals surface area contributed by atoms with Crippen molar-refractivity contribution in [2.75, 3.05) is 6.79 Å². The fraction of sp³-hybridized carbons (Fsp3) is 0.235. The van der Waals surface area contributed by atoms with E-state index in [1.165, 1.54) is 5.56 Å². The molecule has 102 valence electrons. The monoisotopic (exact) mass is 267 g/mol. The van der Waals surface area contributed by atoms with Gasteiger partial charge in [-0.2, -0.15) is 0 Å². The van der Waals surface area contributed by atoms with Crippen molar-refractivity contribution in [3.63, 3.8) is 0 Å². The maximum atomic E-state index is 5.34. The summed E-state index contributed by atoms with van der Waals surface area (Å²) in [6.07, 6.45) is 1.86. The van der Waals surface area contributed by atoms with Crippen LogP contribution in [0.2, 0.25) is 0 Å². The van der Waals surface area contributed by atoms with Gasteiger partial charge < -0.3 is 9.47 Å². The Hall–Kier alpha value is -2.29. The molecule has 0 saturated heterocycles. The van der Waals surface area contributed by atoms with Crippen LogP contribution in [0.15, 0.2) is 47.5 Å². The Morgan fingerprint density at radius 1 is 1.00 bits per heavy atom. The van der Waals surface area contributed by atoms with Crippen LogP contribution in [0.5, 0.6) is 11.5 Å². The normalized spacial score (nSPS) is 13.3. The first-order valence-corrected chi connectivity index (χ1v) is 6.76. The Balaban J connectivity index is 1.76. The lowest BCUT2D eigenvalue weighted by Gasteiger charge is -2.04. The molecule has 0 radical (unpaired) electrons. The van der Waals surface area contributed by atoms with E-state index in [4.69, 9.17) is 9.47 Å². The van der Waals surface area contributed by atoms with Crippen LogP contribution >= 0.6 is 0 Å². The number of hydrogen-bond donors (Lipinski definition) is 0. The van der Waals surface area contributed by atoms with Crippen molar-refractivity contribution in [3.8, 4) is 11.5 Å². The summed E-state index contributed by atoms with van der Waals surface area (Å²) in [6.45, 7) is 4.67. The number of nitrogens with zero attached hydrogens (tertiary/aromatic N) is 1. The first kappa shape index (κ1) is 12.7. The van der Waals surface area contributed by atoms with Gasteiger partial charge in [0.25, 0.3) is 0 Å². The first-order valence-electron chi connectivity index (χ1n) is 6.76. The second kappa shape index (κ2) is 5.37. The average molecular weight is 267 g/mol. The number of benzene rings is 2. The zero-order valence-electron chi connectivity index (χ0n) is 11.7. The highest BCUT2D eigenvalue weighted by Gasteiger charge is 2.12. The topological polar surface area (TPSA) is 30.8 Å². The molecule has 0 aromatic heterocycles. The molecule has 0 unspecified atom stereocenters. The van der Waals surface area contributed by atoms with E-state index in [2.05, 4.69) is 43.1 Å². The third kappa shape index (κ3) is 2.67. The van der Waals surface area contributed by atoms with E-state index >= 15 is 0 Å². The molecule has 0 fully saturated rings. The van der Waals surface area contributed by atoms with Crippen molar-refractivity contribution < 1.29 is 9.47 Å². The Labute approximate surface area is 118 Å². The van der Waals surface area contributed by atoms with Crippen LogP contribution in [-0.2, 0) is 0 Å². The van der Waals surface area contributed by atoms with E-state index in [1.54, 1.807) is 0 Å². The van der Waals surface area contributed by atoms with E-state index in [9.17, 15) is 0 Å². The van der Waals surface area contributed by atoms with E-state index in [0.29, 0.717) is 12.7 Å². The van der Waals surface area contributed by atoms with Gasteiger partial charge in [-0.1, -0.05) is 38.1 Å². The molecule has 3 nitrogen and oxygen atoms in total. The fourth-order valence-electron chi connectivity index (χ4n) is 2.08. The highest BCUT2D eigenvalue weighted by atomic mass is 16.7. The van der Waals surface area contributed by atoms with E-state index in [0.717, 1.165) is 22.7 Å². The average Bonchev–Trinajstić information content (AvgIpc) is 2.93. The molecule has 0 N–H and O–H groups in total. The van der Waals surface area contributed by atoms with Crippen molar-refractivity contribution in [2.24, 2.45) is 4.99 Å². The van der Waals surface area contributed by atoms with Crippen LogP contribution in [0, 0.1) is 0 Å². The smallest absolute Gasteiger partial charge is 0.231 e. The van der Waals surface area contributed by atoms with Gasteiger partial charge in [0.05, 0.1) is 5.69 Å². The maximum Gasteiger partial charge on any atom is 0.231 e. The van der Waals surface area contributed by atoms with Gasteiger partial charge in [0.1, 0.15) is 0 Å². The zero-order chi connectivity index (χ0) is 13.9. The minimum Gasteiger partial charge on any atom is -0.454 e. The van der Waals surface area contributed by atoms with E-state index in [-0.39, 0.29) is 0 Å². The van der Waals surface area contributed by atoms with Gasteiger partial charge in [-0.25, -0.2) is 0 Å². The van der Waals surface area contributed by atoms with Gasteiger partial charge >= 0.3 is 0 Å². The zero-order valence-corrected chi connectivity index (χ0v) is 11.7. The minimum atomic E-state index is 0.291. The summed E-state index contributed by atoms with van der Waals surface area (Å²) in [5.74, 6) is 2.09. The summed E-state index contributed by atoms with van der Waals surface area (Å²) >= 11 is 0. The van der Waals surface area contributed by atoms with Gasteiger partial charge in [0.2, 0.25) is 6.79 Å².